The molecule has 18 heavy (non-hydrogen) atoms. The Morgan fingerprint density at radius 2 is 2.11 bits per heavy atom. The number of rotatable bonds is 2. The van der Waals surface area contributed by atoms with Crippen molar-refractivity contribution < 1.29 is 4.39 Å². The zero-order valence-corrected chi connectivity index (χ0v) is 10.3. The smallest absolute Gasteiger partial charge is 0.143 e. The van der Waals surface area contributed by atoms with E-state index in [0.717, 1.165) is 0 Å². The standard InChI is InChI=1S/C13H9ClFN3/c1-8-4-9(7-16)5-13(17-8)18-10-2-3-11(14)12(15)6-10/h2-6H,1H3,(H,17,18). The average molecular weight is 262 g/mol. The third-order valence-electron chi connectivity index (χ3n) is 2.27. The first-order valence-corrected chi connectivity index (χ1v) is 5.57. The van der Waals surface area contributed by atoms with Gasteiger partial charge in [0.25, 0.3) is 0 Å². The number of pyridine rings is 1. The van der Waals surface area contributed by atoms with E-state index in [4.69, 9.17) is 16.9 Å². The van der Waals surface area contributed by atoms with Gasteiger partial charge in [-0.25, -0.2) is 9.37 Å². The molecule has 0 fully saturated rings. The molecule has 90 valence electrons. The first kappa shape index (κ1) is 12.3. The summed E-state index contributed by atoms with van der Waals surface area (Å²) in [5.41, 5.74) is 1.74. The zero-order chi connectivity index (χ0) is 13.1. The third kappa shape index (κ3) is 2.76. The van der Waals surface area contributed by atoms with Crippen LogP contribution in [0.3, 0.4) is 0 Å². The van der Waals surface area contributed by atoms with Crippen molar-refractivity contribution in [3.8, 4) is 6.07 Å². The molecule has 0 radical (unpaired) electrons. The van der Waals surface area contributed by atoms with E-state index in [2.05, 4.69) is 10.3 Å². The van der Waals surface area contributed by atoms with E-state index in [9.17, 15) is 4.39 Å². The van der Waals surface area contributed by atoms with Gasteiger partial charge in [-0.1, -0.05) is 11.6 Å². The Labute approximate surface area is 109 Å². The van der Waals surface area contributed by atoms with Crippen LogP contribution in [0.25, 0.3) is 0 Å². The van der Waals surface area contributed by atoms with E-state index >= 15 is 0 Å². The summed E-state index contributed by atoms with van der Waals surface area (Å²) in [6.07, 6.45) is 0. The molecule has 2 rings (SSSR count). The normalized spacial score (nSPS) is 9.89. The van der Waals surface area contributed by atoms with Gasteiger partial charge in [-0.05, 0) is 37.3 Å². The largest absolute Gasteiger partial charge is 0.340 e. The first-order chi connectivity index (χ1) is 8.58. The highest BCUT2D eigenvalue weighted by Crippen LogP contribution is 2.21. The highest BCUT2D eigenvalue weighted by atomic mass is 35.5. The second-order valence-corrected chi connectivity index (χ2v) is 4.16. The van der Waals surface area contributed by atoms with Crippen LogP contribution in [0.5, 0.6) is 0 Å². The number of halogens is 2. The van der Waals surface area contributed by atoms with Gasteiger partial charge in [0.05, 0.1) is 16.7 Å². The monoisotopic (exact) mass is 261 g/mol. The van der Waals surface area contributed by atoms with Crippen LogP contribution >= 0.6 is 11.6 Å². The maximum absolute atomic E-state index is 13.3. The Morgan fingerprint density at radius 1 is 1.33 bits per heavy atom. The fraction of sp³-hybridized carbons (Fsp3) is 0.0769. The van der Waals surface area contributed by atoms with E-state index in [1.54, 1.807) is 25.1 Å². The summed E-state index contributed by atoms with van der Waals surface area (Å²) >= 11 is 5.60. The summed E-state index contributed by atoms with van der Waals surface area (Å²) in [6, 6.07) is 9.69. The lowest BCUT2D eigenvalue weighted by atomic mass is 10.2. The summed E-state index contributed by atoms with van der Waals surface area (Å²) in [5.74, 6) is -0.0110. The number of nitriles is 1. The average Bonchev–Trinajstić information content (AvgIpc) is 2.33. The molecule has 3 nitrogen and oxygen atoms in total. The molecule has 0 aliphatic heterocycles. The van der Waals surface area contributed by atoms with Crippen molar-refractivity contribution in [2.45, 2.75) is 6.92 Å². The number of aromatic nitrogens is 1. The van der Waals surface area contributed by atoms with Crippen molar-refractivity contribution in [3.63, 3.8) is 0 Å². The van der Waals surface area contributed by atoms with Crippen LogP contribution in [0.15, 0.2) is 30.3 Å². The number of aryl methyl sites for hydroxylation is 1. The van der Waals surface area contributed by atoms with Crippen LogP contribution in [-0.4, -0.2) is 4.98 Å². The lowest BCUT2D eigenvalue weighted by molar-refractivity contribution is 0.629. The van der Waals surface area contributed by atoms with Gasteiger partial charge in [0.15, 0.2) is 0 Å². The molecule has 0 atom stereocenters. The second kappa shape index (κ2) is 5.03. The van der Waals surface area contributed by atoms with Crippen molar-refractivity contribution in [3.05, 3.63) is 52.4 Å². The van der Waals surface area contributed by atoms with Crippen LogP contribution in [0, 0.1) is 24.1 Å². The molecule has 2 aromatic rings. The molecule has 1 aromatic carbocycles. The molecule has 0 saturated carbocycles. The number of anilines is 2. The van der Waals surface area contributed by atoms with Gasteiger partial charge in [0.1, 0.15) is 11.6 Å². The molecule has 5 heteroatoms. The molecule has 0 spiro atoms. The van der Waals surface area contributed by atoms with Gasteiger partial charge in [-0.2, -0.15) is 5.26 Å². The van der Waals surface area contributed by atoms with E-state index in [0.29, 0.717) is 22.8 Å². The highest BCUT2D eigenvalue weighted by molar-refractivity contribution is 6.30. The van der Waals surface area contributed by atoms with Crippen LogP contribution in [0.1, 0.15) is 11.3 Å². The van der Waals surface area contributed by atoms with Gasteiger partial charge in [0.2, 0.25) is 0 Å². The summed E-state index contributed by atoms with van der Waals surface area (Å²) in [5, 5.41) is 11.8. The minimum absolute atomic E-state index is 0.0652. The van der Waals surface area contributed by atoms with Gasteiger partial charge in [-0.15, -0.1) is 0 Å². The van der Waals surface area contributed by atoms with Crippen LogP contribution in [0.4, 0.5) is 15.9 Å². The molecular weight excluding hydrogens is 253 g/mol. The Bertz CT molecular complexity index is 635. The predicted octanol–water partition coefficient (Wildman–Crippen LogP) is 3.80. The molecule has 0 amide bonds. The SMILES string of the molecule is Cc1cc(C#N)cc(Nc2ccc(Cl)c(F)c2)n1. The van der Waals surface area contributed by atoms with Gasteiger partial charge in [0, 0.05) is 11.4 Å². The van der Waals surface area contributed by atoms with Crippen LogP contribution < -0.4 is 5.32 Å². The quantitative estimate of drug-likeness (QED) is 0.895. The number of nitrogens with one attached hydrogen (secondary N) is 1. The van der Waals surface area contributed by atoms with Crippen molar-refractivity contribution in [2.24, 2.45) is 0 Å². The molecule has 1 heterocycles. The Hall–Kier alpha value is -2.12. The van der Waals surface area contributed by atoms with E-state index in [1.165, 1.54) is 12.1 Å². The summed E-state index contributed by atoms with van der Waals surface area (Å²) in [6.45, 7) is 1.79. The number of nitrogens with zero attached hydrogens (tertiary/aromatic N) is 2. The summed E-state index contributed by atoms with van der Waals surface area (Å²) < 4.78 is 13.3. The molecule has 1 N–H and O–H groups in total. The van der Waals surface area contributed by atoms with E-state index in [1.807, 2.05) is 6.07 Å². The highest BCUT2D eigenvalue weighted by Gasteiger charge is 2.03. The summed E-state index contributed by atoms with van der Waals surface area (Å²) in [4.78, 5) is 4.21. The Balaban J connectivity index is 2.31. The van der Waals surface area contributed by atoms with Crippen LogP contribution in [-0.2, 0) is 0 Å². The topological polar surface area (TPSA) is 48.7 Å². The lowest BCUT2D eigenvalue weighted by Gasteiger charge is -2.07. The van der Waals surface area contributed by atoms with Crippen molar-refractivity contribution in [2.75, 3.05) is 5.32 Å². The fourth-order valence-electron chi connectivity index (χ4n) is 1.52. The first-order valence-electron chi connectivity index (χ1n) is 5.19. The molecule has 0 saturated heterocycles. The van der Waals surface area contributed by atoms with Gasteiger partial charge >= 0.3 is 0 Å². The third-order valence-corrected chi connectivity index (χ3v) is 2.58. The van der Waals surface area contributed by atoms with Gasteiger partial charge < -0.3 is 5.32 Å². The van der Waals surface area contributed by atoms with Gasteiger partial charge in [-0.3, -0.25) is 0 Å². The molecule has 1 aromatic heterocycles. The number of hydrogen-bond acceptors (Lipinski definition) is 3. The van der Waals surface area contributed by atoms with E-state index < -0.39 is 5.82 Å². The second-order valence-electron chi connectivity index (χ2n) is 3.75. The fourth-order valence-corrected chi connectivity index (χ4v) is 1.64. The lowest BCUT2D eigenvalue weighted by Crippen LogP contribution is -1.96. The molecule has 0 aliphatic rings. The molecule has 0 aliphatic carbocycles. The maximum atomic E-state index is 13.3. The summed E-state index contributed by atoms with van der Waals surface area (Å²) in [7, 11) is 0. The zero-order valence-electron chi connectivity index (χ0n) is 9.54. The van der Waals surface area contributed by atoms with Crippen LogP contribution in [0.2, 0.25) is 5.02 Å². The minimum atomic E-state index is -0.505. The Kier molecular flexibility index (Phi) is 3.45. The minimum Gasteiger partial charge on any atom is -0.340 e. The molecular formula is C13H9ClFN3. The van der Waals surface area contributed by atoms with Crippen molar-refractivity contribution in [1.82, 2.24) is 4.98 Å². The number of hydrogen-bond donors (Lipinski definition) is 1. The Morgan fingerprint density at radius 3 is 2.78 bits per heavy atom. The predicted molar refractivity (Wildman–Crippen MR) is 68.4 cm³/mol. The number of benzene rings is 1. The van der Waals surface area contributed by atoms with Crippen molar-refractivity contribution >= 4 is 23.1 Å². The molecule has 0 unspecified atom stereocenters. The maximum Gasteiger partial charge on any atom is 0.143 e. The molecule has 0 bridgehead atoms. The van der Waals surface area contributed by atoms with E-state index in [-0.39, 0.29) is 5.02 Å². The van der Waals surface area contributed by atoms with Crippen molar-refractivity contribution in [1.29, 1.82) is 5.26 Å².